The summed E-state index contributed by atoms with van der Waals surface area (Å²) < 4.78 is 17.9. The highest BCUT2D eigenvalue weighted by molar-refractivity contribution is 6.30. The van der Waals surface area contributed by atoms with E-state index in [1.165, 1.54) is 37.3 Å². The smallest absolute Gasteiger partial charge is 0.331 e. The van der Waals surface area contributed by atoms with Gasteiger partial charge in [-0.25, -0.2) is 9.18 Å². The number of ketones is 1. The van der Waals surface area contributed by atoms with Crippen molar-refractivity contribution in [2.45, 2.75) is 6.92 Å². The van der Waals surface area contributed by atoms with Gasteiger partial charge in [-0.1, -0.05) is 29.8 Å². The van der Waals surface area contributed by atoms with Crippen LogP contribution in [0.1, 0.15) is 22.8 Å². The second kappa shape index (κ2) is 8.92. The van der Waals surface area contributed by atoms with E-state index in [2.05, 4.69) is 5.32 Å². The molecular formula is C19H15ClFNO4. The van der Waals surface area contributed by atoms with Crippen LogP contribution in [-0.4, -0.2) is 24.3 Å². The van der Waals surface area contributed by atoms with Crippen LogP contribution in [0.25, 0.3) is 6.08 Å². The zero-order chi connectivity index (χ0) is 19.1. The van der Waals surface area contributed by atoms with Crippen molar-refractivity contribution in [3.63, 3.8) is 0 Å². The molecule has 26 heavy (non-hydrogen) atoms. The number of benzene rings is 2. The van der Waals surface area contributed by atoms with Crippen molar-refractivity contribution in [1.82, 2.24) is 0 Å². The van der Waals surface area contributed by atoms with Gasteiger partial charge < -0.3 is 10.1 Å². The molecule has 134 valence electrons. The van der Waals surface area contributed by atoms with E-state index >= 15 is 0 Å². The molecule has 0 unspecified atom stereocenters. The van der Waals surface area contributed by atoms with Crippen LogP contribution >= 0.6 is 11.6 Å². The summed E-state index contributed by atoms with van der Waals surface area (Å²) in [5.41, 5.74) is 1.40. The minimum absolute atomic E-state index is 0.0623. The Balaban J connectivity index is 1.85. The fraction of sp³-hybridized carbons (Fsp3) is 0.105. The molecule has 0 saturated carbocycles. The summed E-state index contributed by atoms with van der Waals surface area (Å²) >= 11 is 5.64. The number of anilines is 1. The minimum Gasteiger partial charge on any atom is -0.452 e. The monoisotopic (exact) mass is 375 g/mol. The van der Waals surface area contributed by atoms with E-state index in [1.807, 2.05) is 0 Å². The Kier molecular flexibility index (Phi) is 6.63. The van der Waals surface area contributed by atoms with Gasteiger partial charge in [0.1, 0.15) is 5.82 Å². The van der Waals surface area contributed by atoms with Gasteiger partial charge in [0.15, 0.2) is 12.4 Å². The quantitative estimate of drug-likeness (QED) is 0.472. The maximum Gasteiger partial charge on any atom is 0.331 e. The molecule has 0 saturated heterocycles. The number of Topliss-reactive ketones (excluding diaryl/α,β-unsaturated/α-hetero) is 1. The van der Waals surface area contributed by atoms with Gasteiger partial charge in [0.25, 0.3) is 5.91 Å². The van der Waals surface area contributed by atoms with Gasteiger partial charge in [-0.05, 0) is 42.8 Å². The average Bonchev–Trinajstić information content (AvgIpc) is 2.61. The third-order valence-electron chi connectivity index (χ3n) is 3.25. The van der Waals surface area contributed by atoms with Gasteiger partial charge in [0, 0.05) is 17.3 Å². The van der Waals surface area contributed by atoms with E-state index in [0.717, 1.165) is 6.08 Å². The lowest BCUT2D eigenvalue weighted by Crippen LogP contribution is -2.20. The summed E-state index contributed by atoms with van der Waals surface area (Å²) in [6.07, 6.45) is 2.50. The zero-order valence-electron chi connectivity index (χ0n) is 13.8. The Morgan fingerprint density at radius 3 is 2.65 bits per heavy atom. The van der Waals surface area contributed by atoms with Crippen LogP contribution in [-0.2, 0) is 14.3 Å². The number of amides is 1. The summed E-state index contributed by atoms with van der Waals surface area (Å²) in [6.45, 7) is 0.932. The molecule has 2 aromatic rings. The Labute approximate surface area is 154 Å². The number of halogens is 2. The molecule has 1 amide bonds. The van der Waals surface area contributed by atoms with E-state index in [-0.39, 0.29) is 10.8 Å². The third-order valence-corrected chi connectivity index (χ3v) is 3.54. The second-order valence-corrected chi connectivity index (χ2v) is 5.71. The zero-order valence-corrected chi connectivity index (χ0v) is 14.5. The van der Waals surface area contributed by atoms with E-state index in [9.17, 15) is 18.8 Å². The highest BCUT2D eigenvalue weighted by Gasteiger charge is 2.07. The topological polar surface area (TPSA) is 72.5 Å². The van der Waals surface area contributed by atoms with Gasteiger partial charge in [-0.15, -0.1) is 0 Å². The number of carbonyl (C=O) groups is 3. The maximum absolute atomic E-state index is 13.0. The van der Waals surface area contributed by atoms with Crippen molar-refractivity contribution in [1.29, 1.82) is 0 Å². The lowest BCUT2D eigenvalue weighted by molar-refractivity contribution is -0.142. The molecule has 0 aliphatic rings. The van der Waals surface area contributed by atoms with Gasteiger partial charge in [0.05, 0.1) is 5.02 Å². The standard InChI is InChI=1S/C19H15ClFNO4/c1-12(23)14-3-2-4-15(10-14)22-18(24)11-26-19(25)8-6-13-5-7-17(21)16(20)9-13/h2-10H,11H2,1H3,(H,22,24)/b8-6+. The van der Waals surface area contributed by atoms with Crippen molar-refractivity contribution >= 4 is 41.0 Å². The first-order valence-corrected chi connectivity index (χ1v) is 7.93. The van der Waals surface area contributed by atoms with Crippen LogP contribution in [0.2, 0.25) is 5.02 Å². The largest absolute Gasteiger partial charge is 0.452 e. The molecule has 2 aromatic carbocycles. The van der Waals surface area contributed by atoms with Crippen LogP contribution in [0.5, 0.6) is 0 Å². The number of rotatable bonds is 6. The molecule has 0 fully saturated rings. The van der Waals surface area contributed by atoms with Gasteiger partial charge >= 0.3 is 5.97 Å². The SMILES string of the molecule is CC(=O)c1cccc(NC(=O)COC(=O)/C=C/c2ccc(F)c(Cl)c2)c1. The summed E-state index contributed by atoms with van der Waals surface area (Å²) in [5, 5.41) is 2.47. The third kappa shape index (κ3) is 5.82. The summed E-state index contributed by atoms with van der Waals surface area (Å²) in [7, 11) is 0. The van der Waals surface area contributed by atoms with Crippen molar-refractivity contribution in [3.8, 4) is 0 Å². The predicted octanol–water partition coefficient (Wildman–Crippen LogP) is 3.88. The van der Waals surface area contributed by atoms with Crippen molar-refractivity contribution in [2.24, 2.45) is 0 Å². The lowest BCUT2D eigenvalue weighted by atomic mass is 10.1. The highest BCUT2D eigenvalue weighted by Crippen LogP contribution is 2.17. The molecule has 0 atom stereocenters. The van der Waals surface area contributed by atoms with Gasteiger partial charge in [0.2, 0.25) is 0 Å². The van der Waals surface area contributed by atoms with Crippen LogP contribution < -0.4 is 5.32 Å². The summed E-state index contributed by atoms with van der Waals surface area (Å²) in [4.78, 5) is 34.7. The summed E-state index contributed by atoms with van der Waals surface area (Å²) in [6, 6.07) is 10.4. The number of esters is 1. The number of hydrogen-bond donors (Lipinski definition) is 1. The molecule has 0 radical (unpaired) electrons. The molecule has 5 nitrogen and oxygen atoms in total. The molecule has 0 aromatic heterocycles. The van der Waals surface area contributed by atoms with Crippen molar-refractivity contribution in [2.75, 3.05) is 11.9 Å². The Morgan fingerprint density at radius 1 is 1.19 bits per heavy atom. The second-order valence-electron chi connectivity index (χ2n) is 5.30. The van der Waals surface area contributed by atoms with Crippen LogP contribution in [0.15, 0.2) is 48.5 Å². The first-order valence-electron chi connectivity index (χ1n) is 7.56. The minimum atomic E-state index is -0.738. The molecule has 0 aliphatic carbocycles. The molecular weight excluding hydrogens is 361 g/mol. The normalized spacial score (nSPS) is 10.6. The lowest BCUT2D eigenvalue weighted by Gasteiger charge is -2.06. The number of nitrogens with one attached hydrogen (secondary N) is 1. The number of carbonyl (C=O) groups excluding carboxylic acids is 3. The number of ether oxygens (including phenoxy) is 1. The molecule has 0 bridgehead atoms. The molecule has 2 rings (SSSR count). The van der Waals surface area contributed by atoms with Gasteiger partial charge in [-0.3, -0.25) is 9.59 Å². The van der Waals surface area contributed by atoms with Crippen LogP contribution in [0.4, 0.5) is 10.1 Å². The molecule has 7 heteroatoms. The Hall–Kier alpha value is -2.99. The molecule has 0 aliphatic heterocycles. The van der Waals surface area contributed by atoms with Crippen molar-refractivity contribution < 1.29 is 23.5 Å². The summed E-state index contributed by atoms with van der Waals surface area (Å²) in [5.74, 6) is -1.97. The average molecular weight is 376 g/mol. The molecule has 0 heterocycles. The van der Waals surface area contributed by atoms with E-state index in [0.29, 0.717) is 16.8 Å². The van der Waals surface area contributed by atoms with Crippen LogP contribution in [0.3, 0.4) is 0 Å². The van der Waals surface area contributed by atoms with Gasteiger partial charge in [-0.2, -0.15) is 0 Å². The first kappa shape index (κ1) is 19.3. The molecule has 1 N–H and O–H groups in total. The molecule has 0 spiro atoms. The van der Waals surface area contributed by atoms with Crippen LogP contribution in [0, 0.1) is 5.82 Å². The van der Waals surface area contributed by atoms with E-state index in [4.69, 9.17) is 16.3 Å². The maximum atomic E-state index is 13.0. The van der Waals surface area contributed by atoms with Crippen molar-refractivity contribution in [3.05, 3.63) is 70.5 Å². The Bertz CT molecular complexity index is 880. The fourth-order valence-corrected chi connectivity index (χ4v) is 2.17. The first-order chi connectivity index (χ1) is 12.3. The fourth-order valence-electron chi connectivity index (χ4n) is 1.98. The highest BCUT2D eigenvalue weighted by atomic mass is 35.5. The van der Waals surface area contributed by atoms with E-state index < -0.39 is 24.3 Å². The Morgan fingerprint density at radius 2 is 1.96 bits per heavy atom. The van der Waals surface area contributed by atoms with E-state index in [1.54, 1.807) is 18.2 Å². The predicted molar refractivity (Wildman–Crippen MR) is 96.5 cm³/mol. The number of hydrogen-bond acceptors (Lipinski definition) is 4.